The van der Waals surface area contributed by atoms with Crippen LogP contribution in [-0.4, -0.2) is 23.6 Å². The molecule has 7 heteroatoms. The fraction of sp³-hybridized carbons (Fsp3) is 0.222. The molecule has 0 saturated carbocycles. The Morgan fingerprint density at radius 2 is 1.80 bits per heavy atom. The van der Waals surface area contributed by atoms with Gasteiger partial charge in [0.2, 0.25) is 5.91 Å². The van der Waals surface area contributed by atoms with Gasteiger partial charge >= 0.3 is 0 Å². The van der Waals surface area contributed by atoms with Gasteiger partial charge in [-0.15, -0.1) is 12.4 Å². The minimum Gasteiger partial charge on any atom is -0.325 e. The SMILES string of the molecule is Cc1cccc(NC(=O)c2cccc(NC(=O)C(N)CS)c2)c1C.Cl. The highest BCUT2D eigenvalue weighted by Gasteiger charge is 2.13. The van der Waals surface area contributed by atoms with E-state index < -0.39 is 6.04 Å². The monoisotopic (exact) mass is 379 g/mol. The predicted octanol–water partition coefficient (Wildman–Crippen LogP) is 3.17. The van der Waals surface area contributed by atoms with E-state index in [-0.39, 0.29) is 30.0 Å². The predicted molar refractivity (Wildman–Crippen MR) is 108 cm³/mol. The fourth-order valence-corrected chi connectivity index (χ4v) is 2.30. The Hall–Kier alpha value is -2.02. The van der Waals surface area contributed by atoms with Gasteiger partial charge in [0.25, 0.3) is 5.91 Å². The van der Waals surface area contributed by atoms with E-state index in [0.717, 1.165) is 16.8 Å². The Bertz CT molecular complexity index is 768. The van der Waals surface area contributed by atoms with Crippen molar-refractivity contribution in [2.75, 3.05) is 16.4 Å². The Kier molecular flexibility index (Phi) is 7.96. The van der Waals surface area contributed by atoms with Gasteiger partial charge in [-0.1, -0.05) is 18.2 Å². The number of halogens is 1. The zero-order valence-electron chi connectivity index (χ0n) is 14.1. The maximum absolute atomic E-state index is 12.4. The second-order valence-electron chi connectivity index (χ2n) is 5.56. The molecule has 2 rings (SSSR count). The summed E-state index contributed by atoms with van der Waals surface area (Å²) in [6.45, 7) is 3.95. The number of amides is 2. The molecule has 2 amide bonds. The molecule has 0 fully saturated rings. The molecule has 1 atom stereocenters. The Morgan fingerprint density at radius 1 is 1.12 bits per heavy atom. The topological polar surface area (TPSA) is 84.2 Å². The maximum atomic E-state index is 12.4. The number of hydrogen-bond donors (Lipinski definition) is 4. The van der Waals surface area contributed by atoms with Gasteiger partial charge in [-0.25, -0.2) is 0 Å². The normalized spacial score (nSPS) is 11.2. The number of benzene rings is 2. The quantitative estimate of drug-likeness (QED) is 0.602. The number of carbonyl (C=O) groups is 2. The first-order valence-corrected chi connectivity index (χ1v) is 8.20. The highest BCUT2D eigenvalue weighted by molar-refractivity contribution is 7.80. The van der Waals surface area contributed by atoms with E-state index in [2.05, 4.69) is 23.3 Å². The molecule has 0 aliphatic rings. The third-order valence-corrected chi connectivity index (χ3v) is 4.17. The van der Waals surface area contributed by atoms with Crippen molar-refractivity contribution in [2.24, 2.45) is 5.73 Å². The molecule has 5 nitrogen and oxygen atoms in total. The van der Waals surface area contributed by atoms with Crippen LogP contribution in [0.15, 0.2) is 42.5 Å². The van der Waals surface area contributed by atoms with Gasteiger partial charge in [0.1, 0.15) is 0 Å². The number of rotatable bonds is 5. The molecule has 4 N–H and O–H groups in total. The molecule has 134 valence electrons. The van der Waals surface area contributed by atoms with Crippen molar-refractivity contribution in [1.82, 2.24) is 0 Å². The zero-order valence-corrected chi connectivity index (χ0v) is 15.8. The molecular weight excluding hydrogens is 358 g/mol. The van der Waals surface area contributed by atoms with E-state index in [1.165, 1.54) is 0 Å². The van der Waals surface area contributed by atoms with Crippen molar-refractivity contribution < 1.29 is 9.59 Å². The van der Waals surface area contributed by atoms with Crippen LogP contribution in [0.2, 0.25) is 0 Å². The van der Waals surface area contributed by atoms with Gasteiger partial charge in [-0.05, 0) is 49.2 Å². The molecule has 0 heterocycles. The summed E-state index contributed by atoms with van der Waals surface area (Å²) >= 11 is 4.00. The summed E-state index contributed by atoms with van der Waals surface area (Å²) in [5.41, 5.74) is 9.50. The second kappa shape index (κ2) is 9.46. The Balaban J connectivity index is 0.00000312. The van der Waals surface area contributed by atoms with Gasteiger partial charge in [-0.3, -0.25) is 9.59 Å². The summed E-state index contributed by atoms with van der Waals surface area (Å²) in [7, 11) is 0. The van der Waals surface area contributed by atoms with Crippen LogP contribution in [0.25, 0.3) is 0 Å². The van der Waals surface area contributed by atoms with E-state index in [9.17, 15) is 9.59 Å². The molecule has 0 aliphatic carbocycles. The number of aryl methyl sites for hydroxylation is 1. The van der Waals surface area contributed by atoms with Crippen molar-refractivity contribution in [3.63, 3.8) is 0 Å². The average Bonchev–Trinajstić information content (AvgIpc) is 2.58. The van der Waals surface area contributed by atoms with Crippen molar-refractivity contribution in [3.8, 4) is 0 Å². The van der Waals surface area contributed by atoms with E-state index in [0.29, 0.717) is 11.3 Å². The second-order valence-corrected chi connectivity index (χ2v) is 5.93. The number of carbonyl (C=O) groups excluding carboxylic acids is 2. The van der Waals surface area contributed by atoms with E-state index in [4.69, 9.17) is 5.73 Å². The lowest BCUT2D eigenvalue weighted by Gasteiger charge is -2.12. The van der Waals surface area contributed by atoms with Crippen LogP contribution in [0.1, 0.15) is 21.5 Å². The van der Waals surface area contributed by atoms with Crippen LogP contribution in [0.5, 0.6) is 0 Å². The molecule has 2 aromatic rings. The minimum absolute atomic E-state index is 0. The molecule has 0 aromatic heterocycles. The summed E-state index contributed by atoms with van der Waals surface area (Å²) in [5.74, 6) is -0.325. The molecule has 0 spiro atoms. The van der Waals surface area contributed by atoms with Crippen LogP contribution in [-0.2, 0) is 4.79 Å². The third kappa shape index (κ3) is 5.49. The van der Waals surface area contributed by atoms with Crippen LogP contribution in [0.4, 0.5) is 11.4 Å². The molecule has 0 saturated heterocycles. The molecule has 0 radical (unpaired) electrons. The van der Waals surface area contributed by atoms with Gasteiger partial charge in [-0.2, -0.15) is 12.6 Å². The largest absolute Gasteiger partial charge is 0.325 e. The highest BCUT2D eigenvalue weighted by Crippen LogP contribution is 2.19. The van der Waals surface area contributed by atoms with Gasteiger partial charge in [0.15, 0.2) is 0 Å². The summed E-state index contributed by atoms with van der Waals surface area (Å²) in [4.78, 5) is 24.3. The van der Waals surface area contributed by atoms with E-state index >= 15 is 0 Å². The minimum atomic E-state index is -0.694. The fourth-order valence-electron chi connectivity index (χ4n) is 2.14. The maximum Gasteiger partial charge on any atom is 0.255 e. The first kappa shape index (κ1) is 21.0. The van der Waals surface area contributed by atoms with Gasteiger partial charge in [0.05, 0.1) is 6.04 Å². The number of nitrogens with two attached hydrogens (primary N) is 1. The van der Waals surface area contributed by atoms with Gasteiger partial charge in [0, 0.05) is 22.7 Å². The molecular formula is C18H22ClN3O2S. The number of hydrogen-bond acceptors (Lipinski definition) is 4. The summed E-state index contributed by atoms with van der Waals surface area (Å²) in [6, 6.07) is 11.8. The molecule has 25 heavy (non-hydrogen) atoms. The third-order valence-electron chi connectivity index (χ3n) is 3.78. The zero-order chi connectivity index (χ0) is 17.7. The number of nitrogens with one attached hydrogen (secondary N) is 2. The smallest absolute Gasteiger partial charge is 0.255 e. The van der Waals surface area contributed by atoms with E-state index in [1.54, 1.807) is 24.3 Å². The number of thiol groups is 1. The lowest BCUT2D eigenvalue weighted by Crippen LogP contribution is -2.37. The van der Waals surface area contributed by atoms with Crippen LogP contribution in [0.3, 0.4) is 0 Å². The summed E-state index contributed by atoms with van der Waals surface area (Å²) < 4.78 is 0. The standard InChI is InChI=1S/C18H21N3O2S.ClH/c1-11-5-3-8-16(12(11)2)21-17(22)13-6-4-7-14(9-13)20-18(23)15(19)10-24;/h3-9,15,24H,10,19H2,1-2H3,(H,20,23)(H,21,22);1H. The van der Waals surface area contributed by atoms with Crippen molar-refractivity contribution in [1.29, 1.82) is 0 Å². The van der Waals surface area contributed by atoms with Crippen molar-refractivity contribution in [2.45, 2.75) is 19.9 Å². The number of anilines is 2. The van der Waals surface area contributed by atoms with Crippen molar-refractivity contribution >= 4 is 48.2 Å². The average molecular weight is 380 g/mol. The highest BCUT2D eigenvalue weighted by atomic mass is 35.5. The van der Waals surface area contributed by atoms with E-state index in [1.807, 2.05) is 32.0 Å². The molecule has 0 aliphatic heterocycles. The van der Waals surface area contributed by atoms with Crippen LogP contribution < -0.4 is 16.4 Å². The van der Waals surface area contributed by atoms with Crippen LogP contribution >= 0.6 is 25.0 Å². The van der Waals surface area contributed by atoms with Crippen LogP contribution in [0, 0.1) is 13.8 Å². The first-order valence-electron chi connectivity index (χ1n) is 7.57. The Labute approximate surface area is 159 Å². The lowest BCUT2D eigenvalue weighted by molar-refractivity contribution is -0.116. The summed E-state index contributed by atoms with van der Waals surface area (Å²) in [5, 5.41) is 5.57. The van der Waals surface area contributed by atoms with Crippen molar-refractivity contribution in [3.05, 3.63) is 59.2 Å². The van der Waals surface area contributed by atoms with Gasteiger partial charge < -0.3 is 16.4 Å². The molecule has 2 aromatic carbocycles. The summed E-state index contributed by atoms with van der Waals surface area (Å²) in [6.07, 6.45) is 0. The Morgan fingerprint density at radius 3 is 2.48 bits per heavy atom. The molecule has 1 unspecified atom stereocenters. The first-order chi connectivity index (χ1) is 11.4. The molecule has 0 bridgehead atoms. The lowest BCUT2D eigenvalue weighted by atomic mass is 10.1.